The number of aryl methyl sites for hydroxylation is 1. The number of nitrogens with zero attached hydrogens (tertiary/aromatic N) is 1. The first kappa shape index (κ1) is 21.6. The van der Waals surface area contributed by atoms with Gasteiger partial charge in [0, 0.05) is 17.4 Å². The maximum Gasteiger partial charge on any atom is 0.371 e. The van der Waals surface area contributed by atoms with Crippen molar-refractivity contribution in [2.45, 2.75) is 20.3 Å². The summed E-state index contributed by atoms with van der Waals surface area (Å²) in [5.74, 6) is 0.979. The Bertz CT molecular complexity index is 1260. The average Bonchev–Trinajstić information content (AvgIpc) is 3.43. The monoisotopic (exact) mass is 449 g/mol. The largest absolute Gasteiger partial charge is 0.492 e. The molecule has 0 atom stereocenters. The number of oxazole rings is 1. The Kier molecular flexibility index (Phi) is 6.56. The SMILES string of the molecule is CCO/C(=C\c1ccc(OCCc2nc(-c3ccccc3)oc2C)c2sccc12)C(=O)O. The quantitative estimate of drug-likeness (QED) is 0.251. The molecule has 2 aromatic carbocycles. The Morgan fingerprint density at radius 1 is 1.19 bits per heavy atom. The predicted molar refractivity (Wildman–Crippen MR) is 125 cm³/mol. The van der Waals surface area contributed by atoms with Gasteiger partial charge in [-0.3, -0.25) is 0 Å². The number of hydrogen-bond donors (Lipinski definition) is 1. The van der Waals surface area contributed by atoms with Crippen LogP contribution in [0.3, 0.4) is 0 Å². The van der Waals surface area contributed by atoms with Gasteiger partial charge >= 0.3 is 5.97 Å². The van der Waals surface area contributed by atoms with Crippen LogP contribution in [0.4, 0.5) is 0 Å². The topological polar surface area (TPSA) is 81.8 Å². The fourth-order valence-corrected chi connectivity index (χ4v) is 4.28. The maximum absolute atomic E-state index is 11.4. The summed E-state index contributed by atoms with van der Waals surface area (Å²) in [7, 11) is 0. The molecular weight excluding hydrogens is 426 g/mol. The van der Waals surface area contributed by atoms with Crippen molar-refractivity contribution in [2.75, 3.05) is 13.2 Å². The van der Waals surface area contributed by atoms with Crippen LogP contribution in [0.2, 0.25) is 0 Å². The van der Waals surface area contributed by atoms with E-state index in [-0.39, 0.29) is 5.76 Å². The van der Waals surface area contributed by atoms with Gasteiger partial charge in [-0.1, -0.05) is 24.3 Å². The molecular formula is C25H23NO5S. The molecule has 164 valence electrons. The van der Waals surface area contributed by atoms with Crippen molar-refractivity contribution in [2.24, 2.45) is 0 Å². The average molecular weight is 450 g/mol. The first-order valence-electron chi connectivity index (χ1n) is 10.3. The van der Waals surface area contributed by atoms with Gasteiger partial charge in [-0.05, 0) is 55.1 Å². The molecule has 6 nitrogen and oxygen atoms in total. The van der Waals surface area contributed by atoms with E-state index in [0.717, 1.165) is 38.4 Å². The molecule has 0 unspecified atom stereocenters. The Hall–Kier alpha value is -3.58. The fourth-order valence-electron chi connectivity index (χ4n) is 3.38. The van der Waals surface area contributed by atoms with E-state index in [2.05, 4.69) is 4.98 Å². The van der Waals surface area contributed by atoms with E-state index in [1.165, 1.54) is 0 Å². The number of carbonyl (C=O) groups is 1. The molecule has 4 aromatic rings. The number of aromatic nitrogens is 1. The summed E-state index contributed by atoms with van der Waals surface area (Å²) in [6.45, 7) is 4.40. The summed E-state index contributed by atoms with van der Waals surface area (Å²) in [4.78, 5) is 16.0. The van der Waals surface area contributed by atoms with Gasteiger partial charge in [-0.2, -0.15) is 0 Å². The van der Waals surface area contributed by atoms with E-state index in [0.29, 0.717) is 25.5 Å². The molecule has 0 fully saturated rings. The highest BCUT2D eigenvalue weighted by molar-refractivity contribution is 7.17. The molecule has 0 spiro atoms. The zero-order chi connectivity index (χ0) is 22.5. The number of thiophene rings is 1. The molecule has 32 heavy (non-hydrogen) atoms. The molecule has 2 aromatic heterocycles. The minimum Gasteiger partial charge on any atom is -0.492 e. The van der Waals surface area contributed by atoms with Gasteiger partial charge in [0.15, 0.2) is 0 Å². The van der Waals surface area contributed by atoms with Gasteiger partial charge < -0.3 is 19.0 Å². The van der Waals surface area contributed by atoms with Crippen molar-refractivity contribution in [3.05, 3.63) is 76.7 Å². The smallest absolute Gasteiger partial charge is 0.371 e. The minimum atomic E-state index is -1.09. The van der Waals surface area contributed by atoms with Crippen LogP contribution in [0.1, 0.15) is 23.9 Å². The Morgan fingerprint density at radius 2 is 2.00 bits per heavy atom. The molecule has 7 heteroatoms. The highest BCUT2D eigenvalue weighted by Crippen LogP contribution is 2.34. The number of ether oxygens (including phenoxy) is 2. The molecule has 0 radical (unpaired) electrons. The molecule has 0 saturated heterocycles. The molecule has 0 bridgehead atoms. The van der Waals surface area contributed by atoms with Crippen LogP contribution >= 0.6 is 11.3 Å². The molecule has 2 heterocycles. The fraction of sp³-hybridized carbons (Fsp3) is 0.200. The van der Waals surface area contributed by atoms with Crippen LogP contribution in [-0.2, 0) is 16.0 Å². The van der Waals surface area contributed by atoms with Crippen molar-refractivity contribution in [1.29, 1.82) is 0 Å². The van der Waals surface area contributed by atoms with Gasteiger partial charge in [0.25, 0.3) is 0 Å². The van der Waals surface area contributed by atoms with Crippen LogP contribution in [0, 0.1) is 6.92 Å². The van der Waals surface area contributed by atoms with E-state index in [1.54, 1.807) is 24.3 Å². The third-order valence-corrected chi connectivity index (χ3v) is 5.85. The zero-order valence-corrected chi connectivity index (χ0v) is 18.6. The lowest BCUT2D eigenvalue weighted by molar-refractivity contribution is -0.136. The number of carboxylic acids is 1. The molecule has 0 saturated carbocycles. The third-order valence-electron chi connectivity index (χ3n) is 4.92. The molecule has 0 aliphatic carbocycles. The summed E-state index contributed by atoms with van der Waals surface area (Å²) in [5.41, 5.74) is 2.59. The summed E-state index contributed by atoms with van der Waals surface area (Å²) < 4.78 is 18.1. The zero-order valence-electron chi connectivity index (χ0n) is 17.8. The summed E-state index contributed by atoms with van der Waals surface area (Å²) in [5, 5.41) is 12.2. The second kappa shape index (κ2) is 9.70. The first-order valence-corrected chi connectivity index (χ1v) is 11.2. The van der Waals surface area contributed by atoms with E-state index in [4.69, 9.17) is 13.9 Å². The van der Waals surface area contributed by atoms with Crippen molar-refractivity contribution in [1.82, 2.24) is 4.98 Å². The lowest BCUT2D eigenvalue weighted by atomic mass is 10.1. The van der Waals surface area contributed by atoms with Gasteiger partial charge in [-0.15, -0.1) is 11.3 Å². The Labute approximate surface area is 189 Å². The van der Waals surface area contributed by atoms with Crippen molar-refractivity contribution < 1.29 is 23.8 Å². The highest BCUT2D eigenvalue weighted by Gasteiger charge is 2.14. The van der Waals surface area contributed by atoms with Gasteiger partial charge in [-0.25, -0.2) is 9.78 Å². The van der Waals surface area contributed by atoms with E-state index in [1.807, 2.05) is 60.8 Å². The number of aliphatic carboxylic acids is 1. The lowest BCUT2D eigenvalue weighted by Crippen LogP contribution is -2.05. The van der Waals surface area contributed by atoms with Crippen molar-refractivity contribution >= 4 is 33.5 Å². The normalized spacial score (nSPS) is 11.6. The van der Waals surface area contributed by atoms with Crippen LogP contribution in [0.25, 0.3) is 27.6 Å². The highest BCUT2D eigenvalue weighted by atomic mass is 32.1. The van der Waals surface area contributed by atoms with Gasteiger partial charge in [0.05, 0.1) is 23.6 Å². The van der Waals surface area contributed by atoms with Crippen LogP contribution in [-0.4, -0.2) is 29.3 Å². The van der Waals surface area contributed by atoms with Crippen molar-refractivity contribution in [3.8, 4) is 17.2 Å². The summed E-state index contributed by atoms with van der Waals surface area (Å²) in [6, 6.07) is 15.5. The summed E-state index contributed by atoms with van der Waals surface area (Å²) >= 11 is 1.55. The first-order chi connectivity index (χ1) is 15.6. The third kappa shape index (κ3) is 4.68. The van der Waals surface area contributed by atoms with Crippen molar-refractivity contribution in [3.63, 3.8) is 0 Å². The number of carboxylic acid groups (broad SMARTS) is 1. The number of hydrogen-bond acceptors (Lipinski definition) is 6. The number of rotatable bonds is 9. The maximum atomic E-state index is 11.4. The van der Waals surface area contributed by atoms with E-state index in [9.17, 15) is 9.90 Å². The van der Waals surface area contributed by atoms with E-state index >= 15 is 0 Å². The second-order valence-electron chi connectivity index (χ2n) is 7.05. The predicted octanol–water partition coefficient (Wildman–Crippen LogP) is 5.95. The molecule has 4 rings (SSSR count). The lowest BCUT2D eigenvalue weighted by Gasteiger charge is -2.09. The summed E-state index contributed by atoms with van der Waals surface area (Å²) in [6.07, 6.45) is 2.17. The minimum absolute atomic E-state index is 0.0793. The van der Waals surface area contributed by atoms with Crippen LogP contribution < -0.4 is 4.74 Å². The van der Waals surface area contributed by atoms with Gasteiger partial charge in [0.2, 0.25) is 11.6 Å². The number of benzene rings is 2. The van der Waals surface area contributed by atoms with Crippen LogP contribution in [0.5, 0.6) is 5.75 Å². The Balaban J connectivity index is 1.49. The molecule has 0 amide bonds. The standard InChI is InChI=1S/C25H23NO5S/c1-3-29-22(25(27)28)15-18-9-10-21(23-19(18)12-14-32-23)30-13-11-20-16(2)31-24(26-20)17-7-5-4-6-8-17/h4-10,12,14-15H,3,11,13H2,1-2H3,(H,27,28)/b22-15-. The second-order valence-corrected chi connectivity index (χ2v) is 7.97. The Morgan fingerprint density at radius 3 is 2.75 bits per heavy atom. The van der Waals surface area contributed by atoms with E-state index < -0.39 is 5.97 Å². The van der Waals surface area contributed by atoms with Gasteiger partial charge in [0.1, 0.15) is 11.5 Å². The molecule has 0 aliphatic rings. The number of fused-ring (bicyclic) bond motifs is 1. The molecule has 1 N–H and O–H groups in total. The van der Waals surface area contributed by atoms with Crippen LogP contribution in [0.15, 0.2) is 64.1 Å². The molecule has 0 aliphatic heterocycles.